The summed E-state index contributed by atoms with van der Waals surface area (Å²) in [6, 6.07) is 11.7. The van der Waals surface area contributed by atoms with E-state index in [2.05, 4.69) is 12.2 Å². The van der Waals surface area contributed by atoms with Crippen molar-refractivity contribution in [1.82, 2.24) is 5.32 Å². The molecule has 0 saturated carbocycles. The monoisotopic (exact) mass is 265 g/mol. The number of hydrogen-bond acceptors (Lipinski definition) is 3. The lowest BCUT2D eigenvalue weighted by atomic mass is 10.1. The maximum Gasteiger partial charge on any atom is 0.193 e. The van der Waals surface area contributed by atoms with Crippen LogP contribution in [0.15, 0.2) is 40.8 Å². The summed E-state index contributed by atoms with van der Waals surface area (Å²) in [5, 5.41) is 3.78. The molecule has 2 aromatic rings. The van der Waals surface area contributed by atoms with Crippen molar-refractivity contribution in [2.24, 2.45) is 0 Å². The Morgan fingerprint density at radius 2 is 2.06 bits per heavy atom. The lowest BCUT2D eigenvalue weighted by molar-refractivity contribution is 0.398. The minimum absolute atomic E-state index is 0.171. The Balaban J connectivity index is 2.01. The van der Waals surface area contributed by atoms with E-state index in [9.17, 15) is 0 Å². The molecule has 0 spiro atoms. The number of furan rings is 1. The molecule has 0 amide bonds. The molecule has 0 bridgehead atoms. The van der Waals surface area contributed by atoms with Crippen molar-refractivity contribution < 1.29 is 9.15 Å². The van der Waals surface area contributed by atoms with Gasteiger partial charge in [0.05, 0.1) is 13.7 Å². The predicted octanol–water partition coefficient (Wildman–Crippen LogP) is 3.79. The summed E-state index contributed by atoms with van der Waals surface area (Å²) < 4.78 is 10.6. The van der Waals surface area contributed by atoms with Crippen LogP contribution < -0.4 is 10.1 Å². The molecule has 1 N–H and O–H groups in total. The largest absolute Gasteiger partial charge is 0.496 e. The number of nitrogens with one attached hydrogen (secondary N) is 1. The van der Waals surface area contributed by atoms with E-state index in [0.717, 1.165) is 17.1 Å². The Hall–Kier alpha value is -1.45. The highest BCUT2D eigenvalue weighted by Crippen LogP contribution is 2.24. The van der Waals surface area contributed by atoms with Gasteiger partial charge in [-0.25, -0.2) is 0 Å². The van der Waals surface area contributed by atoms with Gasteiger partial charge in [-0.15, -0.1) is 0 Å². The average Bonchev–Trinajstić information content (AvgIpc) is 2.81. The van der Waals surface area contributed by atoms with Crippen LogP contribution in [0.3, 0.4) is 0 Å². The first-order chi connectivity index (χ1) is 8.70. The van der Waals surface area contributed by atoms with Crippen LogP contribution >= 0.6 is 11.6 Å². The number of benzene rings is 1. The van der Waals surface area contributed by atoms with E-state index in [0.29, 0.717) is 11.8 Å². The maximum absolute atomic E-state index is 5.73. The van der Waals surface area contributed by atoms with Gasteiger partial charge in [0.2, 0.25) is 0 Å². The maximum atomic E-state index is 5.73. The van der Waals surface area contributed by atoms with Crippen LogP contribution in [0, 0.1) is 0 Å². The smallest absolute Gasteiger partial charge is 0.193 e. The Kier molecular flexibility index (Phi) is 4.28. The third-order valence-corrected chi connectivity index (χ3v) is 3.02. The normalized spacial score (nSPS) is 12.4. The highest BCUT2D eigenvalue weighted by atomic mass is 35.5. The molecule has 0 saturated heterocycles. The molecule has 0 aliphatic carbocycles. The summed E-state index contributed by atoms with van der Waals surface area (Å²) in [6.07, 6.45) is 0. The molecule has 0 radical (unpaired) electrons. The lowest BCUT2D eigenvalue weighted by Gasteiger charge is -2.16. The molecular formula is C14H16ClNO2. The van der Waals surface area contributed by atoms with E-state index in [1.165, 1.54) is 0 Å². The first kappa shape index (κ1) is 13.0. The van der Waals surface area contributed by atoms with Crippen molar-refractivity contribution >= 4 is 11.6 Å². The molecule has 1 aromatic heterocycles. The fourth-order valence-corrected chi connectivity index (χ4v) is 2.00. The lowest BCUT2D eigenvalue weighted by Crippen LogP contribution is -2.18. The molecule has 96 valence electrons. The van der Waals surface area contributed by atoms with Crippen LogP contribution in [0.5, 0.6) is 5.75 Å². The Morgan fingerprint density at radius 1 is 1.28 bits per heavy atom. The van der Waals surface area contributed by atoms with E-state index in [1.54, 1.807) is 13.2 Å². The van der Waals surface area contributed by atoms with Crippen LogP contribution in [-0.2, 0) is 6.54 Å². The molecule has 0 fully saturated rings. The predicted molar refractivity (Wildman–Crippen MR) is 72.0 cm³/mol. The summed E-state index contributed by atoms with van der Waals surface area (Å²) in [7, 11) is 1.68. The Bertz CT molecular complexity index is 510. The number of hydrogen-bond donors (Lipinski definition) is 1. The Labute approximate surface area is 112 Å². The van der Waals surface area contributed by atoms with E-state index < -0.39 is 0 Å². The van der Waals surface area contributed by atoms with Crippen LogP contribution in [0.4, 0.5) is 0 Å². The number of ether oxygens (including phenoxy) is 1. The molecule has 0 aliphatic heterocycles. The zero-order valence-electron chi connectivity index (χ0n) is 10.4. The van der Waals surface area contributed by atoms with E-state index in [4.69, 9.17) is 20.8 Å². The molecule has 0 aliphatic rings. The van der Waals surface area contributed by atoms with Gasteiger partial charge in [0.25, 0.3) is 0 Å². The quantitative estimate of drug-likeness (QED) is 0.893. The highest BCUT2D eigenvalue weighted by molar-refractivity contribution is 6.28. The molecule has 1 heterocycles. The van der Waals surface area contributed by atoms with Crippen LogP contribution in [-0.4, -0.2) is 7.11 Å². The van der Waals surface area contributed by atoms with Crippen molar-refractivity contribution in [2.75, 3.05) is 7.11 Å². The second kappa shape index (κ2) is 5.94. The van der Waals surface area contributed by atoms with Crippen molar-refractivity contribution in [3.8, 4) is 5.75 Å². The van der Waals surface area contributed by atoms with Gasteiger partial charge in [-0.05, 0) is 36.7 Å². The fraction of sp³-hybridized carbons (Fsp3) is 0.286. The fourth-order valence-electron chi connectivity index (χ4n) is 1.83. The summed E-state index contributed by atoms with van der Waals surface area (Å²) in [5.74, 6) is 1.71. The number of para-hydroxylation sites is 1. The molecule has 1 unspecified atom stereocenters. The summed E-state index contributed by atoms with van der Waals surface area (Å²) in [4.78, 5) is 0. The van der Waals surface area contributed by atoms with Crippen molar-refractivity contribution in [3.63, 3.8) is 0 Å². The molecule has 18 heavy (non-hydrogen) atoms. The second-order valence-electron chi connectivity index (χ2n) is 4.05. The number of halogens is 1. The molecular weight excluding hydrogens is 250 g/mol. The highest BCUT2D eigenvalue weighted by Gasteiger charge is 2.10. The van der Waals surface area contributed by atoms with Gasteiger partial charge >= 0.3 is 0 Å². The van der Waals surface area contributed by atoms with Gasteiger partial charge in [-0.1, -0.05) is 18.2 Å². The minimum Gasteiger partial charge on any atom is -0.496 e. The van der Waals surface area contributed by atoms with Crippen molar-refractivity contribution in [1.29, 1.82) is 0 Å². The minimum atomic E-state index is 0.171. The molecule has 4 heteroatoms. The van der Waals surface area contributed by atoms with Crippen LogP contribution in [0.25, 0.3) is 0 Å². The second-order valence-corrected chi connectivity index (χ2v) is 4.42. The van der Waals surface area contributed by atoms with Crippen molar-refractivity contribution in [3.05, 3.63) is 52.9 Å². The summed E-state index contributed by atoms with van der Waals surface area (Å²) in [6.45, 7) is 2.72. The first-order valence-corrected chi connectivity index (χ1v) is 6.19. The third-order valence-electron chi connectivity index (χ3n) is 2.82. The molecule has 2 rings (SSSR count). The SMILES string of the molecule is COc1ccccc1C(C)NCc1ccc(Cl)o1. The van der Waals surface area contributed by atoms with Gasteiger partial charge in [0.15, 0.2) is 5.22 Å². The Morgan fingerprint density at radius 3 is 2.72 bits per heavy atom. The average molecular weight is 266 g/mol. The molecule has 1 atom stereocenters. The topological polar surface area (TPSA) is 34.4 Å². The van der Waals surface area contributed by atoms with Crippen molar-refractivity contribution in [2.45, 2.75) is 19.5 Å². The summed E-state index contributed by atoms with van der Waals surface area (Å²) >= 11 is 5.73. The standard InChI is InChI=1S/C14H16ClNO2/c1-10(12-5-3-4-6-13(12)17-2)16-9-11-7-8-14(15)18-11/h3-8,10,16H,9H2,1-2H3. The summed E-state index contributed by atoms with van der Waals surface area (Å²) in [5.41, 5.74) is 1.12. The first-order valence-electron chi connectivity index (χ1n) is 5.81. The van der Waals surface area contributed by atoms with Gasteiger partial charge < -0.3 is 14.5 Å². The van der Waals surface area contributed by atoms with E-state index in [1.807, 2.05) is 30.3 Å². The van der Waals surface area contributed by atoms with Gasteiger partial charge in [0, 0.05) is 11.6 Å². The van der Waals surface area contributed by atoms with Gasteiger partial charge in [-0.2, -0.15) is 0 Å². The van der Waals surface area contributed by atoms with Gasteiger partial charge in [-0.3, -0.25) is 0 Å². The van der Waals surface area contributed by atoms with Crippen LogP contribution in [0.2, 0.25) is 5.22 Å². The van der Waals surface area contributed by atoms with Crippen LogP contribution in [0.1, 0.15) is 24.3 Å². The molecule has 1 aromatic carbocycles. The third kappa shape index (κ3) is 3.06. The van der Waals surface area contributed by atoms with E-state index >= 15 is 0 Å². The number of methoxy groups -OCH3 is 1. The van der Waals surface area contributed by atoms with Gasteiger partial charge in [0.1, 0.15) is 11.5 Å². The zero-order valence-corrected chi connectivity index (χ0v) is 11.2. The molecule has 3 nitrogen and oxygen atoms in total. The zero-order chi connectivity index (χ0) is 13.0. The number of rotatable bonds is 5. The van der Waals surface area contributed by atoms with E-state index in [-0.39, 0.29) is 6.04 Å².